The zero-order chi connectivity index (χ0) is 27.8. The number of ether oxygens (including phenoxy) is 1. The molecule has 4 aromatic rings. The van der Waals surface area contributed by atoms with Crippen LogP contribution in [0.2, 0.25) is 0 Å². The summed E-state index contributed by atoms with van der Waals surface area (Å²) in [7, 11) is 1.64. The van der Waals surface area contributed by atoms with Gasteiger partial charge in [0.2, 0.25) is 5.95 Å². The molecule has 0 atom stereocenters. The van der Waals surface area contributed by atoms with Crippen LogP contribution in [-0.4, -0.2) is 56.0 Å². The molecule has 1 fully saturated rings. The lowest BCUT2D eigenvalue weighted by Crippen LogP contribution is -2.39. The first-order valence-corrected chi connectivity index (χ1v) is 13.3. The molecule has 1 aliphatic heterocycles. The van der Waals surface area contributed by atoms with E-state index in [0.717, 1.165) is 29.5 Å². The number of halogens is 1. The standard InChI is InChI=1S/C29H30FN7O3/c1-40-10-9-36-15-17(14-32-36)11-25-33-27(35-29(31)34-25)21-3-2-4-24(22(21)16-38)37-8-7-19-12-20(18-5-6-18)13-23(30)26(19)28(37)39/h2-4,12-15,18,38H,5-11,16H2,1H3,(H2,31,33,34,35). The molecular weight excluding hydrogens is 513 g/mol. The molecule has 2 aromatic heterocycles. The Hall–Kier alpha value is -4.22. The second-order valence-electron chi connectivity index (χ2n) is 10.2. The van der Waals surface area contributed by atoms with E-state index in [2.05, 4.69) is 20.1 Å². The number of aromatic nitrogens is 5. The summed E-state index contributed by atoms with van der Waals surface area (Å²) in [6.07, 6.45) is 6.66. The molecule has 0 saturated heterocycles. The molecule has 206 valence electrons. The molecule has 11 heteroatoms. The first kappa shape index (κ1) is 26.0. The lowest BCUT2D eigenvalue weighted by molar-refractivity contribution is 0.0976. The summed E-state index contributed by atoms with van der Waals surface area (Å²) in [5.74, 6) is 0.253. The Morgan fingerprint density at radius 2 is 2.05 bits per heavy atom. The molecule has 40 heavy (non-hydrogen) atoms. The Morgan fingerprint density at radius 3 is 2.83 bits per heavy atom. The fraction of sp³-hybridized carbons (Fsp3) is 0.345. The van der Waals surface area contributed by atoms with Gasteiger partial charge in [-0.1, -0.05) is 18.2 Å². The van der Waals surface area contributed by atoms with Crippen LogP contribution in [0, 0.1) is 5.82 Å². The average molecular weight is 544 g/mol. The Bertz CT molecular complexity index is 1580. The highest BCUT2D eigenvalue weighted by Crippen LogP contribution is 2.42. The number of methoxy groups -OCH3 is 1. The summed E-state index contributed by atoms with van der Waals surface area (Å²) in [5.41, 5.74) is 10.2. The van der Waals surface area contributed by atoms with Crippen LogP contribution in [-0.2, 0) is 30.7 Å². The summed E-state index contributed by atoms with van der Waals surface area (Å²) < 4.78 is 22.0. The van der Waals surface area contributed by atoms with E-state index in [1.807, 2.05) is 12.3 Å². The van der Waals surface area contributed by atoms with Crippen molar-refractivity contribution >= 4 is 17.5 Å². The van der Waals surface area contributed by atoms with Crippen molar-refractivity contribution in [2.24, 2.45) is 0 Å². The predicted octanol–water partition coefficient (Wildman–Crippen LogP) is 3.27. The van der Waals surface area contributed by atoms with Gasteiger partial charge in [-0.2, -0.15) is 15.1 Å². The van der Waals surface area contributed by atoms with Crippen LogP contribution < -0.4 is 10.6 Å². The third-order valence-corrected chi connectivity index (χ3v) is 7.42. The van der Waals surface area contributed by atoms with Gasteiger partial charge >= 0.3 is 0 Å². The van der Waals surface area contributed by atoms with Crippen molar-refractivity contribution in [1.82, 2.24) is 24.7 Å². The van der Waals surface area contributed by atoms with Crippen molar-refractivity contribution in [2.45, 2.75) is 44.8 Å². The lowest BCUT2D eigenvalue weighted by atomic mass is 9.93. The van der Waals surface area contributed by atoms with E-state index in [-0.39, 0.29) is 23.9 Å². The number of aliphatic hydroxyl groups is 1. The summed E-state index contributed by atoms with van der Waals surface area (Å²) in [6.45, 7) is 1.16. The molecule has 0 bridgehead atoms. The van der Waals surface area contributed by atoms with Crippen LogP contribution in [0.15, 0.2) is 42.7 Å². The number of fused-ring (bicyclic) bond motifs is 1. The number of nitrogen functional groups attached to an aromatic ring is 1. The van der Waals surface area contributed by atoms with Gasteiger partial charge in [-0.25, -0.2) is 9.37 Å². The summed E-state index contributed by atoms with van der Waals surface area (Å²) >= 11 is 0. The maximum Gasteiger partial charge on any atom is 0.261 e. The highest BCUT2D eigenvalue weighted by molar-refractivity contribution is 6.09. The fourth-order valence-corrected chi connectivity index (χ4v) is 5.30. The smallest absolute Gasteiger partial charge is 0.261 e. The predicted molar refractivity (Wildman–Crippen MR) is 146 cm³/mol. The first-order valence-electron chi connectivity index (χ1n) is 13.3. The molecule has 2 aliphatic rings. The minimum absolute atomic E-state index is 0.0394. The van der Waals surface area contributed by atoms with Gasteiger partial charge in [0.15, 0.2) is 5.82 Å². The Labute approximate surface area is 230 Å². The average Bonchev–Trinajstić information content (AvgIpc) is 3.71. The second kappa shape index (κ2) is 10.7. The van der Waals surface area contributed by atoms with E-state index in [0.29, 0.717) is 61.1 Å². The molecule has 0 radical (unpaired) electrons. The molecule has 0 spiro atoms. The van der Waals surface area contributed by atoms with Crippen LogP contribution in [0.25, 0.3) is 11.4 Å². The van der Waals surface area contributed by atoms with E-state index in [1.165, 1.54) is 11.0 Å². The second-order valence-corrected chi connectivity index (χ2v) is 10.2. The van der Waals surface area contributed by atoms with Gasteiger partial charge in [-0.3, -0.25) is 9.48 Å². The number of nitrogens with two attached hydrogens (primary N) is 1. The van der Waals surface area contributed by atoms with Gasteiger partial charge in [0, 0.05) is 37.4 Å². The van der Waals surface area contributed by atoms with E-state index < -0.39 is 11.7 Å². The molecule has 3 heterocycles. The molecular formula is C29H30FN7O3. The van der Waals surface area contributed by atoms with Gasteiger partial charge in [0.05, 0.1) is 37.2 Å². The van der Waals surface area contributed by atoms with E-state index in [1.54, 1.807) is 36.2 Å². The lowest BCUT2D eigenvalue weighted by Gasteiger charge is -2.31. The fourth-order valence-electron chi connectivity index (χ4n) is 5.30. The SMILES string of the molecule is COCCn1cc(Cc2nc(N)nc(-c3cccc(N4CCc5cc(C6CC6)cc(F)c5C4=O)c3CO)n2)cn1. The largest absolute Gasteiger partial charge is 0.392 e. The maximum absolute atomic E-state index is 15.2. The van der Waals surface area contributed by atoms with Crippen LogP contribution in [0.4, 0.5) is 16.0 Å². The zero-order valence-electron chi connectivity index (χ0n) is 22.2. The number of carbonyl (C=O) groups excluding carboxylic acids is 1. The highest BCUT2D eigenvalue weighted by atomic mass is 19.1. The van der Waals surface area contributed by atoms with Crippen molar-refractivity contribution < 1.29 is 19.0 Å². The quantitative estimate of drug-likeness (QED) is 0.329. The van der Waals surface area contributed by atoms with Crippen LogP contribution in [0.3, 0.4) is 0 Å². The van der Waals surface area contributed by atoms with E-state index in [9.17, 15) is 9.90 Å². The van der Waals surface area contributed by atoms with Gasteiger partial charge in [-0.05, 0) is 54.0 Å². The van der Waals surface area contributed by atoms with Gasteiger partial charge in [0.1, 0.15) is 11.6 Å². The minimum atomic E-state index is -0.490. The minimum Gasteiger partial charge on any atom is -0.392 e. The molecule has 10 nitrogen and oxygen atoms in total. The Morgan fingerprint density at radius 1 is 1.20 bits per heavy atom. The van der Waals surface area contributed by atoms with E-state index >= 15 is 4.39 Å². The summed E-state index contributed by atoms with van der Waals surface area (Å²) in [6, 6.07) is 8.75. The summed E-state index contributed by atoms with van der Waals surface area (Å²) in [5, 5.41) is 14.8. The van der Waals surface area contributed by atoms with Gasteiger partial charge < -0.3 is 20.5 Å². The third-order valence-electron chi connectivity index (χ3n) is 7.42. The number of carbonyl (C=O) groups is 1. The monoisotopic (exact) mass is 543 g/mol. The van der Waals surface area contributed by atoms with Crippen LogP contribution in [0.1, 0.15) is 57.2 Å². The number of amides is 1. The third kappa shape index (κ3) is 5.05. The number of anilines is 2. The number of hydrogen-bond donors (Lipinski definition) is 2. The number of rotatable bonds is 9. The van der Waals surface area contributed by atoms with Crippen molar-refractivity contribution in [3.05, 3.63) is 82.2 Å². The Kier molecular flexibility index (Phi) is 6.99. The molecule has 1 amide bonds. The summed E-state index contributed by atoms with van der Waals surface area (Å²) in [4.78, 5) is 28.3. The molecule has 6 rings (SSSR count). The first-order chi connectivity index (χ1) is 19.4. The number of hydrogen-bond acceptors (Lipinski definition) is 8. The highest BCUT2D eigenvalue weighted by Gasteiger charge is 2.33. The number of benzene rings is 2. The molecule has 2 aromatic carbocycles. The zero-order valence-corrected chi connectivity index (χ0v) is 22.2. The normalized spacial score (nSPS) is 15.0. The molecule has 1 aliphatic carbocycles. The number of aliphatic hydroxyl groups excluding tert-OH is 1. The topological polar surface area (TPSA) is 132 Å². The van der Waals surface area contributed by atoms with Crippen molar-refractivity contribution in [3.63, 3.8) is 0 Å². The van der Waals surface area contributed by atoms with Gasteiger partial charge in [0.25, 0.3) is 5.91 Å². The maximum atomic E-state index is 15.2. The molecule has 0 unspecified atom stereocenters. The number of nitrogens with zero attached hydrogens (tertiary/aromatic N) is 6. The van der Waals surface area contributed by atoms with Crippen molar-refractivity contribution in [2.75, 3.05) is 30.9 Å². The Balaban J connectivity index is 1.31. The van der Waals surface area contributed by atoms with Gasteiger partial charge in [-0.15, -0.1) is 0 Å². The van der Waals surface area contributed by atoms with Crippen LogP contribution in [0.5, 0.6) is 0 Å². The molecule has 3 N–H and O–H groups in total. The van der Waals surface area contributed by atoms with E-state index in [4.69, 9.17) is 10.5 Å². The van der Waals surface area contributed by atoms with Crippen molar-refractivity contribution in [3.8, 4) is 11.4 Å². The van der Waals surface area contributed by atoms with Crippen LogP contribution >= 0.6 is 0 Å². The molecule has 1 saturated carbocycles. The van der Waals surface area contributed by atoms with Crippen molar-refractivity contribution in [1.29, 1.82) is 0 Å².